The molecule has 1 N–H and O–H groups in total. The molecule has 0 bridgehead atoms. The molecule has 0 amide bonds. The van der Waals surface area contributed by atoms with Crippen molar-refractivity contribution in [1.82, 2.24) is 0 Å². The third-order valence-corrected chi connectivity index (χ3v) is 3.25. The van der Waals surface area contributed by atoms with Crippen molar-refractivity contribution in [2.24, 2.45) is 5.92 Å². The lowest BCUT2D eigenvalue weighted by Gasteiger charge is -2.21. The molecule has 1 aromatic rings. The van der Waals surface area contributed by atoms with Gasteiger partial charge in [-0.2, -0.15) is 0 Å². The highest BCUT2D eigenvalue weighted by Gasteiger charge is 2.17. The van der Waals surface area contributed by atoms with Gasteiger partial charge in [-0.1, -0.05) is 38.8 Å². The van der Waals surface area contributed by atoms with Crippen molar-refractivity contribution in [2.45, 2.75) is 32.8 Å². The molecule has 2 heteroatoms. The molecule has 1 atom stereocenters. The summed E-state index contributed by atoms with van der Waals surface area (Å²) in [5, 5.41) is 10.2. The van der Waals surface area contributed by atoms with Crippen molar-refractivity contribution >= 4 is 5.69 Å². The minimum absolute atomic E-state index is 0.328. The summed E-state index contributed by atoms with van der Waals surface area (Å²) in [7, 11) is 4.04. The average Bonchev–Trinajstić information content (AvgIpc) is 2.30. The van der Waals surface area contributed by atoms with Crippen molar-refractivity contribution in [3.8, 4) is 0 Å². The van der Waals surface area contributed by atoms with Crippen molar-refractivity contribution in [1.29, 1.82) is 0 Å². The number of aliphatic hydroxyl groups excluding tert-OH is 1. The molecule has 2 nitrogen and oxygen atoms in total. The van der Waals surface area contributed by atoms with E-state index >= 15 is 0 Å². The van der Waals surface area contributed by atoms with Gasteiger partial charge >= 0.3 is 0 Å². The van der Waals surface area contributed by atoms with Gasteiger partial charge in [0.15, 0.2) is 0 Å². The Hall–Kier alpha value is -1.02. The molecular formula is C14H23NO. The fourth-order valence-corrected chi connectivity index (χ4v) is 1.98. The predicted octanol–water partition coefficient (Wildman–Crippen LogP) is 3.22. The summed E-state index contributed by atoms with van der Waals surface area (Å²) >= 11 is 0. The van der Waals surface area contributed by atoms with Crippen LogP contribution < -0.4 is 4.90 Å². The van der Waals surface area contributed by atoms with Gasteiger partial charge in [0.2, 0.25) is 0 Å². The average molecular weight is 221 g/mol. The molecule has 0 saturated carbocycles. The number of hydrogen-bond acceptors (Lipinski definition) is 2. The quantitative estimate of drug-likeness (QED) is 0.825. The van der Waals surface area contributed by atoms with Gasteiger partial charge in [0, 0.05) is 19.8 Å². The van der Waals surface area contributed by atoms with E-state index in [1.807, 2.05) is 26.2 Å². The molecule has 0 saturated heterocycles. The molecule has 1 rings (SSSR count). The Bertz CT molecular complexity index is 301. The summed E-state index contributed by atoms with van der Waals surface area (Å²) in [6, 6.07) is 8.17. The lowest BCUT2D eigenvalue weighted by Crippen LogP contribution is -2.12. The highest BCUT2D eigenvalue weighted by atomic mass is 16.3. The zero-order valence-electron chi connectivity index (χ0n) is 10.8. The molecule has 1 aromatic carbocycles. The largest absolute Gasteiger partial charge is 0.388 e. The summed E-state index contributed by atoms with van der Waals surface area (Å²) < 4.78 is 0. The molecule has 90 valence electrons. The van der Waals surface area contributed by atoms with Crippen LogP contribution in [-0.4, -0.2) is 19.2 Å². The standard InChI is InChI=1S/C14H23NO/c1-5-11(6-2)14(16)12-7-9-13(10-8-12)15(3)4/h7-11,14,16H,5-6H2,1-4H3. The second-order valence-electron chi connectivity index (χ2n) is 4.51. The summed E-state index contributed by atoms with van der Waals surface area (Å²) in [6.45, 7) is 4.26. The molecule has 0 spiro atoms. The van der Waals surface area contributed by atoms with Gasteiger partial charge in [0.1, 0.15) is 0 Å². The van der Waals surface area contributed by atoms with Crippen LogP contribution in [0.5, 0.6) is 0 Å². The first-order valence-corrected chi connectivity index (χ1v) is 6.05. The minimum atomic E-state index is -0.328. The van der Waals surface area contributed by atoms with Gasteiger partial charge in [-0.05, 0) is 23.6 Å². The van der Waals surface area contributed by atoms with Gasteiger partial charge in [-0.3, -0.25) is 0 Å². The second kappa shape index (κ2) is 5.90. The van der Waals surface area contributed by atoms with E-state index in [4.69, 9.17) is 0 Å². The van der Waals surface area contributed by atoms with E-state index in [0.717, 1.165) is 18.4 Å². The van der Waals surface area contributed by atoms with Crippen LogP contribution in [0.1, 0.15) is 38.4 Å². The Balaban J connectivity index is 2.80. The third-order valence-electron chi connectivity index (χ3n) is 3.25. The van der Waals surface area contributed by atoms with Crippen LogP contribution in [0, 0.1) is 5.92 Å². The summed E-state index contributed by atoms with van der Waals surface area (Å²) in [4.78, 5) is 2.06. The van der Waals surface area contributed by atoms with E-state index in [9.17, 15) is 5.11 Å². The number of anilines is 1. The highest BCUT2D eigenvalue weighted by Crippen LogP contribution is 2.28. The molecule has 0 radical (unpaired) electrons. The molecule has 1 unspecified atom stereocenters. The monoisotopic (exact) mass is 221 g/mol. The van der Waals surface area contributed by atoms with Gasteiger partial charge < -0.3 is 10.0 Å². The lowest BCUT2D eigenvalue weighted by atomic mass is 9.91. The van der Waals surface area contributed by atoms with E-state index in [1.54, 1.807) is 0 Å². The van der Waals surface area contributed by atoms with Crippen molar-refractivity contribution in [3.63, 3.8) is 0 Å². The predicted molar refractivity (Wildman–Crippen MR) is 69.8 cm³/mol. The van der Waals surface area contributed by atoms with E-state index in [0.29, 0.717) is 5.92 Å². The SMILES string of the molecule is CCC(CC)C(O)c1ccc(N(C)C)cc1. The van der Waals surface area contributed by atoms with E-state index in [-0.39, 0.29) is 6.10 Å². The van der Waals surface area contributed by atoms with Crippen LogP contribution in [-0.2, 0) is 0 Å². The number of rotatable bonds is 5. The highest BCUT2D eigenvalue weighted by molar-refractivity contribution is 5.46. The number of aliphatic hydroxyl groups is 1. The van der Waals surface area contributed by atoms with Crippen LogP contribution in [0.4, 0.5) is 5.69 Å². The number of benzene rings is 1. The minimum Gasteiger partial charge on any atom is -0.388 e. The first-order valence-electron chi connectivity index (χ1n) is 6.05. The van der Waals surface area contributed by atoms with E-state index in [2.05, 4.69) is 30.9 Å². The Labute approximate surface area is 98.9 Å². The van der Waals surface area contributed by atoms with Crippen molar-refractivity contribution in [2.75, 3.05) is 19.0 Å². The molecule has 0 fully saturated rings. The summed E-state index contributed by atoms with van der Waals surface area (Å²) in [6.07, 6.45) is 1.71. The van der Waals surface area contributed by atoms with Crippen LogP contribution in [0.3, 0.4) is 0 Å². The first kappa shape index (κ1) is 13.0. The summed E-state index contributed by atoms with van der Waals surface area (Å²) in [5.74, 6) is 0.366. The summed E-state index contributed by atoms with van der Waals surface area (Å²) in [5.41, 5.74) is 2.19. The zero-order chi connectivity index (χ0) is 12.1. The maximum atomic E-state index is 10.2. The zero-order valence-corrected chi connectivity index (χ0v) is 10.8. The van der Waals surface area contributed by atoms with Crippen molar-refractivity contribution in [3.05, 3.63) is 29.8 Å². The second-order valence-corrected chi connectivity index (χ2v) is 4.51. The molecule has 0 aliphatic heterocycles. The maximum Gasteiger partial charge on any atom is 0.0818 e. The maximum absolute atomic E-state index is 10.2. The van der Waals surface area contributed by atoms with Gasteiger partial charge in [-0.15, -0.1) is 0 Å². The van der Waals surface area contributed by atoms with E-state index < -0.39 is 0 Å². The normalized spacial score (nSPS) is 12.9. The van der Waals surface area contributed by atoms with E-state index in [1.165, 1.54) is 5.69 Å². The fraction of sp³-hybridized carbons (Fsp3) is 0.571. The Morgan fingerprint density at radius 2 is 1.56 bits per heavy atom. The van der Waals surface area contributed by atoms with Gasteiger partial charge in [-0.25, -0.2) is 0 Å². The molecular weight excluding hydrogens is 198 g/mol. The lowest BCUT2D eigenvalue weighted by molar-refractivity contribution is 0.103. The first-order chi connectivity index (χ1) is 7.60. The Morgan fingerprint density at radius 3 is 1.94 bits per heavy atom. The molecule has 16 heavy (non-hydrogen) atoms. The molecule has 0 aliphatic rings. The van der Waals surface area contributed by atoms with Crippen LogP contribution in [0.25, 0.3) is 0 Å². The number of nitrogens with zero attached hydrogens (tertiary/aromatic N) is 1. The van der Waals surface area contributed by atoms with Crippen LogP contribution in [0.2, 0.25) is 0 Å². The van der Waals surface area contributed by atoms with Crippen LogP contribution in [0.15, 0.2) is 24.3 Å². The Kier molecular flexibility index (Phi) is 4.81. The van der Waals surface area contributed by atoms with Gasteiger partial charge in [0.05, 0.1) is 6.10 Å². The topological polar surface area (TPSA) is 23.5 Å². The van der Waals surface area contributed by atoms with Crippen molar-refractivity contribution < 1.29 is 5.11 Å². The van der Waals surface area contributed by atoms with Crippen LogP contribution >= 0.6 is 0 Å². The molecule has 0 heterocycles. The van der Waals surface area contributed by atoms with Gasteiger partial charge in [0.25, 0.3) is 0 Å². The fourth-order valence-electron chi connectivity index (χ4n) is 1.98. The Morgan fingerprint density at radius 1 is 1.06 bits per heavy atom. The molecule has 0 aliphatic carbocycles. The smallest absolute Gasteiger partial charge is 0.0818 e. The molecule has 0 aromatic heterocycles. The number of hydrogen-bond donors (Lipinski definition) is 1. The third kappa shape index (κ3) is 2.99.